The Morgan fingerprint density at radius 1 is 0.408 bits per heavy atom. The molecule has 0 heterocycles. The molecule has 2 atom stereocenters. The van der Waals surface area contributed by atoms with Crippen molar-refractivity contribution >= 4 is 17.9 Å². The monoisotopic (exact) mass is 1070 g/mol. The number of likely N-dealkylation sites (N-methyl/N-ethyl adjacent to an activating group) is 1. The number of nitrogens with zero attached hydrogens (tertiary/aromatic N) is 1. The van der Waals surface area contributed by atoms with Gasteiger partial charge >= 0.3 is 17.9 Å². The SMILES string of the molecule is CC/C=C\C/C=C\C/C=C\C/C=C\CCCCCCCCCCCCCCCCCCCCCCCCCCC(=O)OC(COC(=O)CCCCCCC/C=C\CCCCCCC)COC(OCC[N+](C)(C)C)C(=O)O. The molecule has 0 saturated carbocycles. The fraction of sp³-hybridized carbons (Fsp3) is 0.806. The van der Waals surface area contributed by atoms with E-state index in [2.05, 4.69) is 74.6 Å². The molecule has 0 fully saturated rings. The zero-order valence-corrected chi connectivity index (χ0v) is 50.4. The maximum absolute atomic E-state index is 12.9. The van der Waals surface area contributed by atoms with Crippen LogP contribution in [0.25, 0.3) is 0 Å². The second kappa shape index (κ2) is 58.1. The molecule has 9 heteroatoms. The van der Waals surface area contributed by atoms with Crippen molar-refractivity contribution in [1.82, 2.24) is 0 Å². The summed E-state index contributed by atoms with van der Waals surface area (Å²) in [6.45, 7) is 4.77. The Hall–Kier alpha value is -3.01. The van der Waals surface area contributed by atoms with Gasteiger partial charge in [0.15, 0.2) is 6.10 Å². The largest absolute Gasteiger partial charge is 0.477 e. The highest BCUT2D eigenvalue weighted by atomic mass is 16.7. The minimum Gasteiger partial charge on any atom is -0.477 e. The number of carbonyl (C=O) groups excluding carboxylic acids is 2. The summed E-state index contributed by atoms with van der Waals surface area (Å²) in [5.74, 6) is -2.00. The first kappa shape index (κ1) is 73.0. The highest BCUT2D eigenvalue weighted by Gasteiger charge is 2.25. The Labute approximate surface area is 469 Å². The first-order valence-electron chi connectivity index (χ1n) is 32.0. The summed E-state index contributed by atoms with van der Waals surface area (Å²) in [7, 11) is 5.97. The van der Waals surface area contributed by atoms with Crippen LogP contribution in [-0.2, 0) is 33.3 Å². The standard InChI is InChI=1S/C67H121NO8/c1-6-8-10-12-14-16-18-20-22-23-24-25-26-27-28-29-30-31-32-33-34-35-36-37-38-39-40-41-42-43-44-46-48-50-52-54-56-58-65(70)76-63(62-75-67(66(71)72)73-60-59-68(3,4)5)61-74-64(69)57-55-53-51-49-47-45-21-19-17-15-13-11-9-7-2/h8,10,14,16,19-22,24-25,63,67H,6-7,9,11-13,15,17-18,23,26-62H2,1-5H3/p+1/b10-8-,16-14-,21-19-,22-20-,25-24-. The van der Waals surface area contributed by atoms with Crippen LogP contribution in [0.15, 0.2) is 60.8 Å². The minimum atomic E-state index is -1.51. The number of unbranched alkanes of at least 4 members (excludes halogenated alkanes) is 34. The molecule has 2 unspecified atom stereocenters. The third kappa shape index (κ3) is 58.7. The lowest BCUT2D eigenvalue weighted by Crippen LogP contribution is -2.40. The van der Waals surface area contributed by atoms with Crippen LogP contribution < -0.4 is 0 Å². The number of esters is 2. The van der Waals surface area contributed by atoms with Crippen molar-refractivity contribution in [2.24, 2.45) is 0 Å². The van der Waals surface area contributed by atoms with Crippen molar-refractivity contribution in [1.29, 1.82) is 0 Å². The van der Waals surface area contributed by atoms with Gasteiger partial charge in [-0.25, -0.2) is 4.79 Å². The number of carbonyl (C=O) groups is 3. The third-order valence-corrected chi connectivity index (χ3v) is 14.0. The van der Waals surface area contributed by atoms with Gasteiger partial charge in [0.2, 0.25) is 0 Å². The second-order valence-electron chi connectivity index (χ2n) is 22.7. The molecule has 0 aliphatic heterocycles. The van der Waals surface area contributed by atoms with Gasteiger partial charge in [-0.05, 0) is 77.0 Å². The maximum Gasteiger partial charge on any atom is 0.361 e. The number of hydrogen-bond donors (Lipinski definition) is 1. The number of quaternary nitrogens is 1. The molecule has 0 aromatic rings. The number of ether oxygens (including phenoxy) is 4. The molecule has 0 radical (unpaired) electrons. The Kier molecular flexibility index (Phi) is 55.8. The molecular formula is C67H122NO8+. The zero-order valence-electron chi connectivity index (χ0n) is 50.4. The van der Waals surface area contributed by atoms with Crippen LogP contribution in [0.2, 0.25) is 0 Å². The molecule has 76 heavy (non-hydrogen) atoms. The maximum atomic E-state index is 12.9. The molecule has 1 N–H and O–H groups in total. The summed E-state index contributed by atoms with van der Waals surface area (Å²) < 4.78 is 22.9. The molecule has 0 aromatic heterocycles. The zero-order chi connectivity index (χ0) is 55.5. The minimum absolute atomic E-state index is 0.183. The van der Waals surface area contributed by atoms with Gasteiger partial charge in [0.1, 0.15) is 13.2 Å². The smallest absolute Gasteiger partial charge is 0.361 e. The van der Waals surface area contributed by atoms with E-state index in [0.29, 0.717) is 17.4 Å². The first-order valence-corrected chi connectivity index (χ1v) is 32.0. The molecular weight excluding hydrogens is 947 g/mol. The van der Waals surface area contributed by atoms with Gasteiger partial charge < -0.3 is 28.5 Å². The fourth-order valence-corrected chi connectivity index (χ4v) is 9.12. The summed E-state index contributed by atoms with van der Waals surface area (Å²) >= 11 is 0. The first-order chi connectivity index (χ1) is 37.1. The van der Waals surface area contributed by atoms with Crippen LogP contribution in [0, 0.1) is 0 Å². The molecule has 0 aliphatic rings. The van der Waals surface area contributed by atoms with E-state index in [0.717, 1.165) is 83.5 Å². The Balaban J connectivity index is 3.98. The molecule has 442 valence electrons. The van der Waals surface area contributed by atoms with E-state index in [1.165, 1.54) is 180 Å². The highest BCUT2D eigenvalue weighted by molar-refractivity contribution is 5.71. The third-order valence-electron chi connectivity index (χ3n) is 14.0. The van der Waals surface area contributed by atoms with E-state index < -0.39 is 24.3 Å². The molecule has 9 nitrogen and oxygen atoms in total. The van der Waals surface area contributed by atoms with Crippen molar-refractivity contribution in [2.45, 2.75) is 302 Å². The van der Waals surface area contributed by atoms with Gasteiger partial charge in [-0.3, -0.25) is 9.59 Å². The normalized spacial score (nSPS) is 13.1. The number of carboxylic acid groups (broad SMARTS) is 1. The fourth-order valence-electron chi connectivity index (χ4n) is 9.12. The quantitative estimate of drug-likeness (QED) is 0.0211. The van der Waals surface area contributed by atoms with Crippen LogP contribution in [0.3, 0.4) is 0 Å². The lowest BCUT2D eigenvalue weighted by atomic mass is 10.0. The summed E-state index contributed by atoms with van der Waals surface area (Å²) in [5, 5.41) is 9.70. The van der Waals surface area contributed by atoms with Crippen LogP contribution in [-0.4, -0.2) is 87.4 Å². The van der Waals surface area contributed by atoms with Gasteiger partial charge in [0, 0.05) is 12.8 Å². The van der Waals surface area contributed by atoms with E-state index in [1.807, 2.05) is 21.1 Å². The lowest BCUT2D eigenvalue weighted by Gasteiger charge is -2.25. The second-order valence-corrected chi connectivity index (χ2v) is 22.7. The van der Waals surface area contributed by atoms with E-state index in [-0.39, 0.29) is 32.2 Å². The summed E-state index contributed by atoms with van der Waals surface area (Å²) in [4.78, 5) is 37.4. The predicted molar refractivity (Wildman–Crippen MR) is 323 cm³/mol. The highest BCUT2D eigenvalue weighted by Crippen LogP contribution is 2.17. The van der Waals surface area contributed by atoms with Crippen molar-refractivity contribution in [2.75, 3.05) is 47.5 Å². The number of hydrogen-bond acceptors (Lipinski definition) is 7. The molecule has 0 amide bonds. The lowest BCUT2D eigenvalue weighted by molar-refractivity contribution is -0.870. The van der Waals surface area contributed by atoms with Crippen molar-refractivity contribution < 1.29 is 42.9 Å². The van der Waals surface area contributed by atoms with Gasteiger partial charge in [-0.15, -0.1) is 0 Å². The average molecular weight is 1070 g/mol. The van der Waals surface area contributed by atoms with E-state index in [9.17, 15) is 19.5 Å². The van der Waals surface area contributed by atoms with Crippen molar-refractivity contribution in [3.8, 4) is 0 Å². The number of carboxylic acids is 1. The van der Waals surface area contributed by atoms with Crippen LogP contribution >= 0.6 is 0 Å². The van der Waals surface area contributed by atoms with Crippen LogP contribution in [0.1, 0.15) is 290 Å². The Morgan fingerprint density at radius 2 is 0.750 bits per heavy atom. The Morgan fingerprint density at radius 3 is 1.13 bits per heavy atom. The predicted octanol–water partition coefficient (Wildman–Crippen LogP) is 19.2. The molecule has 0 bridgehead atoms. The van der Waals surface area contributed by atoms with Crippen LogP contribution in [0.4, 0.5) is 0 Å². The average Bonchev–Trinajstić information content (AvgIpc) is 3.39. The van der Waals surface area contributed by atoms with Gasteiger partial charge in [0.05, 0.1) is 34.4 Å². The molecule has 0 rings (SSSR count). The number of aliphatic carboxylic acids is 1. The van der Waals surface area contributed by atoms with Crippen molar-refractivity contribution in [3.05, 3.63) is 60.8 Å². The molecule has 0 spiro atoms. The van der Waals surface area contributed by atoms with Gasteiger partial charge in [-0.2, -0.15) is 0 Å². The van der Waals surface area contributed by atoms with E-state index in [1.54, 1.807) is 0 Å². The summed E-state index contributed by atoms with van der Waals surface area (Å²) in [5.41, 5.74) is 0. The molecule has 0 saturated heterocycles. The molecule has 0 aliphatic carbocycles. The van der Waals surface area contributed by atoms with E-state index >= 15 is 0 Å². The summed E-state index contributed by atoms with van der Waals surface area (Å²) in [6, 6.07) is 0. The van der Waals surface area contributed by atoms with Crippen LogP contribution in [0.5, 0.6) is 0 Å². The van der Waals surface area contributed by atoms with Gasteiger partial charge in [-0.1, -0.05) is 261 Å². The number of rotatable bonds is 59. The molecule has 0 aromatic carbocycles. The topological polar surface area (TPSA) is 108 Å². The van der Waals surface area contributed by atoms with Crippen molar-refractivity contribution in [3.63, 3.8) is 0 Å². The summed E-state index contributed by atoms with van der Waals surface area (Å²) in [6.07, 6.45) is 71.9. The van der Waals surface area contributed by atoms with Gasteiger partial charge in [0.25, 0.3) is 6.29 Å². The van der Waals surface area contributed by atoms with E-state index in [4.69, 9.17) is 18.9 Å². The number of allylic oxidation sites excluding steroid dienone is 10. The Bertz CT molecular complexity index is 1430.